The molecule has 0 aliphatic rings. The van der Waals surface area contributed by atoms with Crippen LogP contribution in [0.4, 0.5) is 0 Å². The molecular formula is C19H18N2OS2. The van der Waals surface area contributed by atoms with E-state index in [1.165, 1.54) is 16.2 Å². The lowest BCUT2D eigenvalue weighted by Gasteiger charge is -2.03. The molecule has 122 valence electrons. The Kier molecular flexibility index (Phi) is 5.67. The predicted molar refractivity (Wildman–Crippen MR) is 101 cm³/mol. The molecule has 0 aliphatic carbocycles. The summed E-state index contributed by atoms with van der Waals surface area (Å²) >= 11 is 3.25. The summed E-state index contributed by atoms with van der Waals surface area (Å²) in [6, 6.07) is 18.2. The van der Waals surface area contributed by atoms with E-state index in [9.17, 15) is 4.79 Å². The smallest absolute Gasteiger partial charge is 0.227 e. The number of hydrogen-bond donors (Lipinski definition) is 1. The summed E-state index contributed by atoms with van der Waals surface area (Å²) in [4.78, 5) is 17.9. The number of nitrogens with one attached hydrogen (secondary N) is 1. The Hall–Kier alpha value is -2.11. The Bertz CT molecular complexity index is 798. The molecular weight excluding hydrogens is 336 g/mol. The zero-order valence-corrected chi connectivity index (χ0v) is 15.0. The Morgan fingerprint density at radius 1 is 1.12 bits per heavy atom. The molecule has 3 aromatic rings. The average molecular weight is 354 g/mol. The number of rotatable bonds is 6. The van der Waals surface area contributed by atoms with Gasteiger partial charge in [0.1, 0.15) is 5.01 Å². The van der Waals surface area contributed by atoms with E-state index >= 15 is 0 Å². The van der Waals surface area contributed by atoms with Gasteiger partial charge in [-0.1, -0.05) is 42.5 Å². The van der Waals surface area contributed by atoms with Crippen LogP contribution in [0.5, 0.6) is 0 Å². The van der Waals surface area contributed by atoms with Crippen LogP contribution in [0.3, 0.4) is 0 Å². The third-order valence-electron chi connectivity index (χ3n) is 3.58. The fourth-order valence-corrected chi connectivity index (χ4v) is 3.49. The van der Waals surface area contributed by atoms with Crippen molar-refractivity contribution < 1.29 is 4.79 Å². The van der Waals surface area contributed by atoms with Gasteiger partial charge in [0.15, 0.2) is 0 Å². The van der Waals surface area contributed by atoms with E-state index in [2.05, 4.69) is 40.8 Å². The topological polar surface area (TPSA) is 42.0 Å². The highest BCUT2D eigenvalue weighted by atomic mass is 32.2. The zero-order valence-electron chi connectivity index (χ0n) is 13.4. The second kappa shape index (κ2) is 8.13. The van der Waals surface area contributed by atoms with Gasteiger partial charge in [0.2, 0.25) is 5.91 Å². The van der Waals surface area contributed by atoms with E-state index < -0.39 is 0 Å². The Morgan fingerprint density at radius 2 is 1.88 bits per heavy atom. The molecule has 2 aromatic carbocycles. The fourth-order valence-electron chi connectivity index (χ4n) is 2.28. The van der Waals surface area contributed by atoms with E-state index in [4.69, 9.17) is 0 Å². The number of aromatic nitrogens is 1. The molecule has 1 heterocycles. The van der Waals surface area contributed by atoms with E-state index in [0.29, 0.717) is 13.0 Å². The van der Waals surface area contributed by atoms with Crippen molar-refractivity contribution >= 4 is 29.0 Å². The molecule has 0 bridgehead atoms. The van der Waals surface area contributed by atoms with E-state index in [1.807, 2.05) is 35.7 Å². The number of carbonyl (C=O) groups is 1. The molecule has 1 aromatic heterocycles. The molecule has 24 heavy (non-hydrogen) atoms. The van der Waals surface area contributed by atoms with Crippen molar-refractivity contribution in [3.63, 3.8) is 0 Å². The van der Waals surface area contributed by atoms with Crippen LogP contribution in [-0.2, 0) is 17.8 Å². The van der Waals surface area contributed by atoms with Crippen molar-refractivity contribution in [2.75, 3.05) is 6.26 Å². The second-order valence-electron chi connectivity index (χ2n) is 5.29. The van der Waals surface area contributed by atoms with Crippen LogP contribution in [0.25, 0.3) is 11.3 Å². The maximum atomic E-state index is 12.1. The molecule has 0 spiro atoms. The number of thioether (sulfide) groups is 1. The van der Waals surface area contributed by atoms with Crippen molar-refractivity contribution in [1.29, 1.82) is 0 Å². The summed E-state index contributed by atoms with van der Waals surface area (Å²) < 4.78 is 0. The average Bonchev–Trinajstić information content (AvgIpc) is 3.09. The Morgan fingerprint density at radius 3 is 2.58 bits per heavy atom. The molecule has 1 amide bonds. The largest absolute Gasteiger partial charge is 0.352 e. The minimum atomic E-state index is -0.00233. The normalized spacial score (nSPS) is 10.5. The number of carbonyl (C=O) groups excluding carboxylic acids is 1. The van der Waals surface area contributed by atoms with Crippen molar-refractivity contribution in [2.45, 2.75) is 17.9 Å². The quantitative estimate of drug-likeness (QED) is 0.668. The van der Waals surface area contributed by atoms with Crippen LogP contribution in [0.1, 0.15) is 10.6 Å². The molecule has 0 unspecified atom stereocenters. The minimum absolute atomic E-state index is 0.00233. The summed E-state index contributed by atoms with van der Waals surface area (Å²) in [7, 11) is 0. The van der Waals surface area contributed by atoms with Gasteiger partial charge in [0, 0.05) is 22.4 Å². The van der Waals surface area contributed by atoms with Gasteiger partial charge in [0.05, 0.1) is 12.1 Å². The van der Waals surface area contributed by atoms with Gasteiger partial charge in [-0.05, 0) is 24.0 Å². The SMILES string of the molecule is CSc1ccc(-c2csc(CC(=O)NCc3ccccc3)n2)cc1. The number of amides is 1. The Balaban J connectivity index is 1.58. The van der Waals surface area contributed by atoms with Gasteiger partial charge in [-0.2, -0.15) is 0 Å². The molecule has 3 nitrogen and oxygen atoms in total. The number of nitrogens with zero attached hydrogens (tertiary/aromatic N) is 1. The lowest BCUT2D eigenvalue weighted by Crippen LogP contribution is -2.24. The lowest BCUT2D eigenvalue weighted by atomic mass is 10.2. The van der Waals surface area contributed by atoms with Gasteiger partial charge < -0.3 is 5.32 Å². The first kappa shape index (κ1) is 16.7. The summed E-state index contributed by atoms with van der Waals surface area (Å²) in [5, 5.41) is 5.78. The van der Waals surface area contributed by atoms with Gasteiger partial charge >= 0.3 is 0 Å². The Labute approximate surface area is 150 Å². The molecule has 1 N–H and O–H groups in total. The van der Waals surface area contributed by atoms with Crippen molar-refractivity contribution in [1.82, 2.24) is 10.3 Å². The molecule has 0 radical (unpaired) electrons. The van der Waals surface area contributed by atoms with Crippen LogP contribution < -0.4 is 5.32 Å². The molecule has 0 atom stereocenters. The van der Waals surface area contributed by atoms with Crippen molar-refractivity contribution in [3.8, 4) is 11.3 Å². The molecule has 0 saturated heterocycles. The monoisotopic (exact) mass is 354 g/mol. The fraction of sp³-hybridized carbons (Fsp3) is 0.158. The van der Waals surface area contributed by atoms with E-state index in [-0.39, 0.29) is 5.91 Å². The van der Waals surface area contributed by atoms with Crippen LogP contribution in [0, 0.1) is 0 Å². The highest BCUT2D eigenvalue weighted by Crippen LogP contribution is 2.24. The maximum Gasteiger partial charge on any atom is 0.227 e. The number of thiazole rings is 1. The minimum Gasteiger partial charge on any atom is -0.352 e. The van der Waals surface area contributed by atoms with Gasteiger partial charge in [0.25, 0.3) is 0 Å². The summed E-state index contributed by atoms with van der Waals surface area (Å²) in [6.45, 7) is 0.550. The summed E-state index contributed by atoms with van der Waals surface area (Å²) in [6.07, 6.45) is 2.38. The lowest BCUT2D eigenvalue weighted by molar-refractivity contribution is -0.120. The molecule has 3 rings (SSSR count). The van der Waals surface area contributed by atoms with Crippen molar-refractivity contribution in [3.05, 3.63) is 70.5 Å². The van der Waals surface area contributed by atoms with Gasteiger partial charge in [-0.3, -0.25) is 4.79 Å². The number of benzene rings is 2. The maximum absolute atomic E-state index is 12.1. The summed E-state index contributed by atoms with van der Waals surface area (Å²) in [5.41, 5.74) is 3.11. The van der Waals surface area contributed by atoms with E-state index in [1.54, 1.807) is 11.8 Å². The molecule has 0 fully saturated rings. The standard InChI is InChI=1S/C19H18N2OS2/c1-23-16-9-7-15(8-10-16)17-13-24-19(21-17)11-18(22)20-12-14-5-3-2-4-6-14/h2-10,13H,11-12H2,1H3,(H,20,22). The van der Waals surface area contributed by atoms with Crippen LogP contribution in [0.2, 0.25) is 0 Å². The first-order valence-corrected chi connectivity index (χ1v) is 9.74. The van der Waals surface area contributed by atoms with Crippen LogP contribution in [0.15, 0.2) is 64.9 Å². The van der Waals surface area contributed by atoms with E-state index in [0.717, 1.165) is 21.8 Å². The number of hydrogen-bond acceptors (Lipinski definition) is 4. The van der Waals surface area contributed by atoms with Crippen LogP contribution >= 0.6 is 23.1 Å². The summed E-state index contributed by atoms with van der Waals surface area (Å²) in [5.74, 6) is -0.00233. The van der Waals surface area contributed by atoms with Crippen LogP contribution in [-0.4, -0.2) is 17.1 Å². The first-order chi connectivity index (χ1) is 11.7. The second-order valence-corrected chi connectivity index (χ2v) is 7.12. The third kappa shape index (κ3) is 4.46. The predicted octanol–water partition coefficient (Wildman–Crippen LogP) is 4.39. The van der Waals surface area contributed by atoms with Crippen molar-refractivity contribution in [2.24, 2.45) is 0 Å². The highest BCUT2D eigenvalue weighted by molar-refractivity contribution is 7.98. The molecule has 0 aliphatic heterocycles. The highest BCUT2D eigenvalue weighted by Gasteiger charge is 2.09. The zero-order chi connectivity index (χ0) is 16.8. The molecule has 0 saturated carbocycles. The van der Waals surface area contributed by atoms with Gasteiger partial charge in [-0.25, -0.2) is 4.98 Å². The molecule has 5 heteroatoms. The third-order valence-corrected chi connectivity index (χ3v) is 5.17. The van der Waals surface area contributed by atoms with Gasteiger partial charge in [-0.15, -0.1) is 23.1 Å². The first-order valence-electron chi connectivity index (χ1n) is 7.64.